The van der Waals surface area contributed by atoms with Crippen LogP contribution in [-0.2, 0) is 6.54 Å². The van der Waals surface area contributed by atoms with E-state index in [-0.39, 0.29) is 6.03 Å². The molecule has 1 aromatic heterocycles. The molecule has 164 valence electrons. The average molecular weight is 457 g/mol. The number of hydrogen-bond donors (Lipinski definition) is 1. The fourth-order valence-electron chi connectivity index (χ4n) is 4.00. The van der Waals surface area contributed by atoms with Crippen LogP contribution in [0, 0.1) is 0 Å². The van der Waals surface area contributed by atoms with Crippen molar-refractivity contribution in [1.82, 2.24) is 20.4 Å². The minimum Gasteiger partial charge on any atom is -0.334 e. The molecular weight excluding hydrogens is 436 g/mol. The predicted molar refractivity (Wildman–Crippen MR) is 127 cm³/mol. The molecule has 1 aliphatic rings. The van der Waals surface area contributed by atoms with Crippen molar-refractivity contribution in [2.75, 3.05) is 0 Å². The molecule has 0 fully saturated rings. The molecule has 7 heteroatoms. The molecular formula is C26H21ClN4O2. The second-order valence-corrected chi connectivity index (χ2v) is 8.23. The zero-order valence-corrected chi connectivity index (χ0v) is 18.7. The Morgan fingerprint density at radius 3 is 2.45 bits per heavy atom. The Morgan fingerprint density at radius 1 is 1.00 bits per heavy atom. The molecule has 0 radical (unpaired) electrons. The second kappa shape index (κ2) is 8.92. The van der Waals surface area contributed by atoms with Gasteiger partial charge in [-0.1, -0.05) is 89.6 Å². The van der Waals surface area contributed by atoms with Gasteiger partial charge in [-0.15, -0.1) is 0 Å². The molecule has 0 spiro atoms. The molecule has 2 amide bonds. The highest BCUT2D eigenvalue weighted by molar-refractivity contribution is 6.30. The van der Waals surface area contributed by atoms with Crippen LogP contribution in [0.1, 0.15) is 30.0 Å². The molecule has 33 heavy (non-hydrogen) atoms. The molecule has 0 bridgehead atoms. The lowest BCUT2D eigenvalue weighted by atomic mass is 9.94. The third-order valence-corrected chi connectivity index (χ3v) is 5.88. The molecule has 0 aliphatic carbocycles. The van der Waals surface area contributed by atoms with Gasteiger partial charge in [0.1, 0.15) is 0 Å². The molecule has 0 saturated heterocycles. The van der Waals surface area contributed by atoms with E-state index in [0.29, 0.717) is 23.3 Å². The summed E-state index contributed by atoms with van der Waals surface area (Å²) in [4.78, 5) is 19.5. The van der Waals surface area contributed by atoms with E-state index < -0.39 is 6.04 Å². The van der Waals surface area contributed by atoms with Gasteiger partial charge in [-0.3, -0.25) is 4.90 Å². The molecule has 5 rings (SSSR count). The number of carbonyl (C=O) groups is 1. The zero-order valence-electron chi connectivity index (χ0n) is 17.9. The summed E-state index contributed by atoms with van der Waals surface area (Å²) in [5.74, 6) is 0.868. The topological polar surface area (TPSA) is 71.3 Å². The Balaban J connectivity index is 1.59. The molecule has 6 nitrogen and oxygen atoms in total. The maximum atomic E-state index is 13.2. The van der Waals surface area contributed by atoms with Crippen LogP contribution in [0.15, 0.2) is 95.1 Å². The van der Waals surface area contributed by atoms with E-state index >= 15 is 0 Å². The first-order valence-electron chi connectivity index (χ1n) is 10.6. The highest BCUT2D eigenvalue weighted by atomic mass is 35.5. The van der Waals surface area contributed by atoms with Crippen molar-refractivity contribution in [1.29, 1.82) is 0 Å². The van der Waals surface area contributed by atoms with Crippen molar-refractivity contribution in [2.24, 2.45) is 0 Å². The van der Waals surface area contributed by atoms with Crippen molar-refractivity contribution in [2.45, 2.75) is 19.5 Å². The lowest BCUT2D eigenvalue weighted by molar-refractivity contribution is 0.203. The Morgan fingerprint density at radius 2 is 1.73 bits per heavy atom. The van der Waals surface area contributed by atoms with Crippen LogP contribution in [0.25, 0.3) is 17.0 Å². The number of benzene rings is 3. The summed E-state index contributed by atoms with van der Waals surface area (Å²) in [6.07, 6.45) is 0. The summed E-state index contributed by atoms with van der Waals surface area (Å²) in [5, 5.41) is 7.93. The number of hydrogen-bond acceptors (Lipinski definition) is 4. The molecule has 1 N–H and O–H groups in total. The molecule has 1 unspecified atom stereocenters. The van der Waals surface area contributed by atoms with Crippen LogP contribution in [0.4, 0.5) is 4.79 Å². The van der Waals surface area contributed by atoms with E-state index in [1.54, 1.807) is 4.90 Å². The largest absolute Gasteiger partial charge is 0.334 e. The number of rotatable bonds is 5. The van der Waals surface area contributed by atoms with Gasteiger partial charge in [0.15, 0.2) is 0 Å². The average Bonchev–Trinajstić information content (AvgIpc) is 3.32. The van der Waals surface area contributed by atoms with Crippen LogP contribution >= 0.6 is 11.6 Å². The van der Waals surface area contributed by atoms with Crippen LogP contribution in [0.5, 0.6) is 0 Å². The summed E-state index contributed by atoms with van der Waals surface area (Å²) in [6.45, 7) is 2.27. The first-order chi connectivity index (χ1) is 16.1. The molecule has 2 heterocycles. The van der Waals surface area contributed by atoms with Gasteiger partial charge in [0.2, 0.25) is 5.82 Å². The van der Waals surface area contributed by atoms with E-state index in [4.69, 9.17) is 16.1 Å². The minimum atomic E-state index is -0.418. The molecule has 3 aromatic carbocycles. The van der Waals surface area contributed by atoms with Crippen molar-refractivity contribution in [3.05, 3.63) is 113 Å². The SMILES string of the molecule is CC1=C(c2nc(-c3ccccc3)no2)C(c2ccccc2)NC(=O)N1Cc1cccc(Cl)c1. The zero-order chi connectivity index (χ0) is 22.8. The van der Waals surface area contributed by atoms with Gasteiger partial charge in [-0.05, 0) is 30.2 Å². The summed E-state index contributed by atoms with van der Waals surface area (Å²) in [6, 6.07) is 26.3. The Kier molecular flexibility index (Phi) is 5.67. The Hall–Kier alpha value is -3.90. The summed E-state index contributed by atoms with van der Waals surface area (Å²) < 4.78 is 5.72. The Labute approximate surface area is 196 Å². The molecule has 4 aromatic rings. The number of nitrogens with zero attached hydrogens (tertiary/aromatic N) is 3. The number of amides is 2. The molecule has 1 atom stereocenters. The van der Waals surface area contributed by atoms with Crippen LogP contribution in [0.2, 0.25) is 5.02 Å². The maximum absolute atomic E-state index is 13.2. The maximum Gasteiger partial charge on any atom is 0.322 e. The monoisotopic (exact) mass is 456 g/mol. The third kappa shape index (κ3) is 4.25. The van der Waals surface area contributed by atoms with Gasteiger partial charge in [0, 0.05) is 16.3 Å². The summed E-state index contributed by atoms with van der Waals surface area (Å²) in [7, 11) is 0. The van der Waals surface area contributed by atoms with Crippen molar-refractivity contribution < 1.29 is 9.32 Å². The van der Waals surface area contributed by atoms with E-state index in [0.717, 1.165) is 28.0 Å². The molecule has 1 aliphatic heterocycles. The normalized spacial score (nSPS) is 16.1. The predicted octanol–water partition coefficient (Wildman–Crippen LogP) is 6.09. The van der Waals surface area contributed by atoms with Gasteiger partial charge < -0.3 is 9.84 Å². The van der Waals surface area contributed by atoms with Crippen LogP contribution in [0.3, 0.4) is 0 Å². The summed E-state index contributed by atoms with van der Waals surface area (Å²) >= 11 is 6.16. The van der Waals surface area contributed by atoms with Crippen molar-refractivity contribution >= 4 is 23.2 Å². The highest BCUT2D eigenvalue weighted by Crippen LogP contribution is 2.37. The Bertz CT molecular complexity index is 1320. The lowest BCUT2D eigenvalue weighted by Gasteiger charge is -2.35. The van der Waals surface area contributed by atoms with Crippen molar-refractivity contribution in [3.8, 4) is 11.4 Å². The van der Waals surface area contributed by atoms with Gasteiger partial charge >= 0.3 is 6.03 Å². The smallest absolute Gasteiger partial charge is 0.322 e. The quantitative estimate of drug-likeness (QED) is 0.394. The van der Waals surface area contributed by atoms with E-state index in [1.165, 1.54) is 0 Å². The highest BCUT2D eigenvalue weighted by Gasteiger charge is 2.35. The van der Waals surface area contributed by atoms with Gasteiger partial charge in [-0.2, -0.15) is 4.98 Å². The van der Waals surface area contributed by atoms with E-state index in [2.05, 4.69) is 15.5 Å². The van der Waals surface area contributed by atoms with E-state index in [9.17, 15) is 4.79 Å². The second-order valence-electron chi connectivity index (χ2n) is 7.80. The van der Waals surface area contributed by atoms with Gasteiger partial charge in [0.05, 0.1) is 18.2 Å². The van der Waals surface area contributed by atoms with Crippen LogP contribution in [-0.4, -0.2) is 21.1 Å². The van der Waals surface area contributed by atoms with Crippen LogP contribution < -0.4 is 5.32 Å². The molecule has 0 saturated carbocycles. The fraction of sp³-hybridized carbons (Fsp3) is 0.115. The number of allylic oxidation sites excluding steroid dienone is 1. The van der Waals surface area contributed by atoms with Crippen molar-refractivity contribution in [3.63, 3.8) is 0 Å². The number of nitrogens with one attached hydrogen (secondary N) is 1. The number of aromatic nitrogens is 2. The van der Waals surface area contributed by atoms with Gasteiger partial charge in [-0.25, -0.2) is 4.79 Å². The van der Waals surface area contributed by atoms with E-state index in [1.807, 2.05) is 91.9 Å². The standard InChI is InChI=1S/C26H21ClN4O2/c1-17-22(25-29-24(30-33-25)20-12-6-3-7-13-20)23(19-10-4-2-5-11-19)28-26(32)31(17)16-18-9-8-14-21(27)15-18/h2-15,23H,16H2,1H3,(H,28,32). The third-order valence-electron chi connectivity index (χ3n) is 5.65. The lowest BCUT2D eigenvalue weighted by Crippen LogP contribution is -2.45. The number of urea groups is 1. The minimum absolute atomic E-state index is 0.201. The van der Waals surface area contributed by atoms with Gasteiger partial charge in [0.25, 0.3) is 5.89 Å². The summed E-state index contributed by atoms with van der Waals surface area (Å²) in [5.41, 5.74) is 4.22. The number of carbonyl (C=O) groups excluding carboxylic acids is 1. The fourth-order valence-corrected chi connectivity index (χ4v) is 4.21. The first kappa shape index (κ1) is 21.0. The number of halogens is 1. The first-order valence-corrected chi connectivity index (χ1v) is 11.0.